The number of hydrogen-bond acceptors (Lipinski definition) is 4. The SMILES string of the molecule is O=C(C1CC1)N1CC(CN2C(=O)C3(CC3)N=C2c2ccc(-c3ccc4[nH]ncc4c3)c(Cl)c2)C1. The summed E-state index contributed by atoms with van der Waals surface area (Å²) in [5.74, 6) is 1.64. The van der Waals surface area contributed by atoms with Crippen LogP contribution in [-0.2, 0) is 9.59 Å². The minimum absolute atomic E-state index is 0.0973. The second-order valence-corrected chi connectivity index (χ2v) is 10.5. The Morgan fingerprint density at radius 1 is 1.12 bits per heavy atom. The molecule has 2 amide bonds. The third kappa shape index (κ3) is 3.17. The number of hydrogen-bond donors (Lipinski definition) is 1. The molecule has 34 heavy (non-hydrogen) atoms. The van der Waals surface area contributed by atoms with E-state index in [1.54, 1.807) is 6.20 Å². The lowest BCUT2D eigenvalue weighted by molar-refractivity contribution is -0.139. The molecule has 7 rings (SSSR count). The molecule has 0 bridgehead atoms. The fourth-order valence-corrected chi connectivity index (χ4v) is 5.49. The molecule has 1 aromatic heterocycles. The number of aromatic amines is 1. The first-order valence-corrected chi connectivity index (χ1v) is 12.3. The first-order chi connectivity index (χ1) is 16.5. The van der Waals surface area contributed by atoms with Crippen LogP contribution in [0.2, 0.25) is 5.02 Å². The summed E-state index contributed by atoms with van der Waals surface area (Å²) in [6.45, 7) is 2.07. The summed E-state index contributed by atoms with van der Waals surface area (Å²) in [7, 11) is 0. The van der Waals surface area contributed by atoms with Crippen LogP contribution < -0.4 is 0 Å². The largest absolute Gasteiger partial charge is 0.342 e. The highest BCUT2D eigenvalue weighted by Gasteiger charge is 2.58. The number of nitrogens with one attached hydrogen (secondary N) is 1. The van der Waals surface area contributed by atoms with Crippen molar-refractivity contribution in [1.82, 2.24) is 20.0 Å². The third-order valence-corrected chi connectivity index (χ3v) is 7.87. The van der Waals surface area contributed by atoms with Crippen molar-refractivity contribution in [3.05, 3.63) is 53.2 Å². The van der Waals surface area contributed by atoms with E-state index in [1.165, 1.54) is 0 Å². The van der Waals surface area contributed by atoms with Gasteiger partial charge in [-0.1, -0.05) is 29.8 Å². The van der Waals surface area contributed by atoms with Gasteiger partial charge in [-0.2, -0.15) is 5.10 Å². The molecule has 4 aliphatic rings. The van der Waals surface area contributed by atoms with Crippen molar-refractivity contribution in [3.63, 3.8) is 0 Å². The average Bonchev–Trinajstić information content (AvgIpc) is 3.72. The van der Waals surface area contributed by atoms with Gasteiger partial charge in [0.25, 0.3) is 5.91 Å². The zero-order valence-electron chi connectivity index (χ0n) is 18.6. The van der Waals surface area contributed by atoms with Crippen molar-refractivity contribution in [2.75, 3.05) is 19.6 Å². The van der Waals surface area contributed by atoms with E-state index in [2.05, 4.69) is 16.3 Å². The number of aliphatic imine (C=N–C) groups is 1. The molecule has 1 saturated heterocycles. The van der Waals surface area contributed by atoms with Gasteiger partial charge in [0.15, 0.2) is 0 Å². The van der Waals surface area contributed by atoms with Crippen molar-refractivity contribution in [3.8, 4) is 11.1 Å². The minimum Gasteiger partial charge on any atom is -0.342 e. The highest BCUT2D eigenvalue weighted by molar-refractivity contribution is 6.34. The molecule has 3 heterocycles. The Labute approximate surface area is 201 Å². The first kappa shape index (κ1) is 20.2. The predicted octanol–water partition coefficient (Wildman–Crippen LogP) is 3.87. The molecule has 2 aliphatic carbocycles. The summed E-state index contributed by atoms with van der Waals surface area (Å²) < 4.78 is 0. The lowest BCUT2D eigenvalue weighted by Gasteiger charge is -2.41. The summed E-state index contributed by atoms with van der Waals surface area (Å²) >= 11 is 6.75. The van der Waals surface area contributed by atoms with Crippen LogP contribution in [-0.4, -0.2) is 62.8 Å². The van der Waals surface area contributed by atoms with E-state index in [4.69, 9.17) is 16.6 Å². The van der Waals surface area contributed by atoms with E-state index < -0.39 is 5.54 Å². The minimum atomic E-state index is -0.569. The number of carbonyl (C=O) groups is 2. The third-order valence-electron chi connectivity index (χ3n) is 7.56. The maximum atomic E-state index is 13.2. The van der Waals surface area contributed by atoms with Crippen LogP contribution in [0.3, 0.4) is 0 Å². The number of benzene rings is 2. The number of nitrogens with zero attached hydrogens (tertiary/aromatic N) is 4. The van der Waals surface area contributed by atoms with Gasteiger partial charge < -0.3 is 4.90 Å². The smallest absolute Gasteiger partial charge is 0.256 e. The highest BCUT2D eigenvalue weighted by atomic mass is 35.5. The number of aromatic nitrogens is 2. The van der Waals surface area contributed by atoms with Gasteiger partial charge in [0.1, 0.15) is 11.4 Å². The molecule has 1 N–H and O–H groups in total. The maximum Gasteiger partial charge on any atom is 0.256 e. The van der Waals surface area contributed by atoms with Gasteiger partial charge in [-0.05, 0) is 49.4 Å². The van der Waals surface area contributed by atoms with Crippen molar-refractivity contribution in [2.24, 2.45) is 16.8 Å². The molecule has 3 fully saturated rings. The number of fused-ring (bicyclic) bond motifs is 1. The molecule has 2 saturated carbocycles. The Balaban J connectivity index is 1.14. The molecule has 0 unspecified atom stereocenters. The Hall–Kier alpha value is -3.19. The van der Waals surface area contributed by atoms with Gasteiger partial charge in [-0.25, -0.2) is 0 Å². The van der Waals surface area contributed by atoms with Gasteiger partial charge in [-0.15, -0.1) is 0 Å². The summed E-state index contributed by atoms with van der Waals surface area (Å²) in [5, 5.41) is 8.70. The maximum absolute atomic E-state index is 13.2. The van der Waals surface area contributed by atoms with Crippen LogP contribution >= 0.6 is 11.6 Å². The summed E-state index contributed by atoms with van der Waals surface area (Å²) in [4.78, 5) is 34.2. The predicted molar refractivity (Wildman–Crippen MR) is 130 cm³/mol. The molecule has 8 heteroatoms. The Bertz CT molecular complexity index is 1380. The van der Waals surface area contributed by atoms with Crippen LogP contribution in [0.15, 0.2) is 47.6 Å². The monoisotopic (exact) mass is 473 g/mol. The van der Waals surface area contributed by atoms with Gasteiger partial charge in [0.05, 0.1) is 11.7 Å². The van der Waals surface area contributed by atoms with E-state index in [1.807, 2.05) is 40.1 Å². The molecule has 1 spiro atoms. The number of amidine groups is 1. The van der Waals surface area contributed by atoms with Crippen LogP contribution in [0.1, 0.15) is 31.2 Å². The molecule has 2 aromatic carbocycles. The van der Waals surface area contributed by atoms with E-state index in [9.17, 15) is 9.59 Å². The molecular weight excluding hydrogens is 450 g/mol. The molecule has 7 nitrogen and oxygen atoms in total. The second-order valence-electron chi connectivity index (χ2n) is 10.1. The molecule has 0 radical (unpaired) electrons. The van der Waals surface area contributed by atoms with Crippen molar-refractivity contribution in [2.45, 2.75) is 31.2 Å². The molecule has 3 aromatic rings. The molecule has 2 aliphatic heterocycles. The van der Waals surface area contributed by atoms with Crippen LogP contribution in [0, 0.1) is 11.8 Å². The van der Waals surface area contributed by atoms with Crippen molar-refractivity contribution >= 4 is 40.2 Å². The second kappa shape index (κ2) is 7.15. The van der Waals surface area contributed by atoms with Gasteiger partial charge in [0.2, 0.25) is 5.91 Å². The van der Waals surface area contributed by atoms with Crippen LogP contribution in [0.25, 0.3) is 22.0 Å². The highest BCUT2D eigenvalue weighted by Crippen LogP contribution is 2.46. The van der Waals surface area contributed by atoms with Crippen LogP contribution in [0.4, 0.5) is 0 Å². The average molecular weight is 474 g/mol. The normalized spacial score (nSPS) is 21.3. The summed E-state index contributed by atoms with van der Waals surface area (Å²) in [6.07, 6.45) is 5.46. The fraction of sp³-hybridized carbons (Fsp3) is 0.385. The Morgan fingerprint density at radius 2 is 1.91 bits per heavy atom. The number of rotatable bonds is 5. The quantitative estimate of drug-likeness (QED) is 0.610. The number of carbonyl (C=O) groups excluding carboxylic acids is 2. The number of likely N-dealkylation sites (tertiary alicyclic amines) is 1. The first-order valence-electron chi connectivity index (χ1n) is 11.9. The van der Waals surface area contributed by atoms with Crippen molar-refractivity contribution < 1.29 is 9.59 Å². The lowest BCUT2D eigenvalue weighted by Crippen LogP contribution is -2.55. The molecule has 172 valence electrons. The van der Waals surface area contributed by atoms with Crippen LogP contribution in [0.5, 0.6) is 0 Å². The number of halogens is 1. The summed E-state index contributed by atoms with van der Waals surface area (Å²) in [5.41, 5.74) is 3.22. The van der Waals surface area contributed by atoms with Gasteiger partial charge in [0, 0.05) is 53.0 Å². The topological polar surface area (TPSA) is 81.7 Å². The molecular formula is C26H24ClN5O2. The zero-order valence-corrected chi connectivity index (χ0v) is 19.4. The summed E-state index contributed by atoms with van der Waals surface area (Å²) in [6, 6.07) is 12.0. The van der Waals surface area contributed by atoms with Crippen molar-refractivity contribution in [1.29, 1.82) is 0 Å². The number of amides is 2. The Morgan fingerprint density at radius 3 is 2.65 bits per heavy atom. The molecule has 0 atom stereocenters. The fourth-order valence-electron chi connectivity index (χ4n) is 5.20. The van der Waals surface area contributed by atoms with E-state index in [0.29, 0.717) is 23.3 Å². The van der Waals surface area contributed by atoms with E-state index in [0.717, 1.165) is 66.4 Å². The zero-order chi connectivity index (χ0) is 23.0. The van der Waals surface area contributed by atoms with E-state index >= 15 is 0 Å². The van der Waals surface area contributed by atoms with E-state index in [-0.39, 0.29) is 17.7 Å². The Kier molecular flexibility index (Phi) is 4.25. The standard InChI is InChI=1S/C26H24ClN5O2/c27-21-10-18(3-5-20(21)17-4-6-22-19(9-17)11-28-30-22)23-29-26(7-8-26)25(34)32(23)14-15-12-31(13-15)24(33)16-1-2-16/h3-6,9-11,15-16H,1-2,7-8,12-14H2,(H,28,30). The van der Waals surface area contributed by atoms with Gasteiger partial charge in [-0.3, -0.25) is 24.6 Å². The number of H-pyrrole nitrogens is 1. The lowest BCUT2D eigenvalue weighted by atomic mass is 9.97. The van der Waals surface area contributed by atoms with Gasteiger partial charge >= 0.3 is 0 Å².